The topological polar surface area (TPSA) is 30.0 Å². The summed E-state index contributed by atoms with van der Waals surface area (Å²) in [4.78, 5) is 16.5. The van der Waals surface area contributed by atoms with E-state index in [0.717, 1.165) is 29.5 Å². The lowest BCUT2D eigenvalue weighted by atomic mass is 9.96. The van der Waals surface area contributed by atoms with Crippen molar-refractivity contribution >= 4 is 5.78 Å². The Kier molecular flexibility index (Phi) is 2.71. The van der Waals surface area contributed by atoms with Gasteiger partial charge in [-0.05, 0) is 36.5 Å². The predicted molar refractivity (Wildman–Crippen MR) is 70.6 cm³/mol. The smallest absolute Gasteiger partial charge is 0.166 e. The lowest BCUT2D eigenvalue weighted by Crippen LogP contribution is -2.12. The van der Waals surface area contributed by atoms with Gasteiger partial charge in [-0.3, -0.25) is 9.78 Å². The standard InChI is InChI=1S/C16H15NO/c1-11-6-12(10-17-9-11)7-14-8-13-4-2-3-5-15(13)16(14)18/h2-6,9-10,14H,7-8H2,1H3. The van der Waals surface area contributed by atoms with Crippen molar-refractivity contribution in [2.24, 2.45) is 5.92 Å². The maximum absolute atomic E-state index is 12.3. The summed E-state index contributed by atoms with van der Waals surface area (Å²) in [7, 11) is 0. The summed E-state index contributed by atoms with van der Waals surface area (Å²) in [6.07, 6.45) is 5.36. The summed E-state index contributed by atoms with van der Waals surface area (Å²) in [6, 6.07) is 10.0. The van der Waals surface area contributed by atoms with Crippen molar-refractivity contribution in [3.63, 3.8) is 0 Å². The van der Waals surface area contributed by atoms with Crippen LogP contribution in [-0.4, -0.2) is 10.8 Å². The molecular formula is C16H15NO. The summed E-state index contributed by atoms with van der Waals surface area (Å²) in [5, 5.41) is 0. The van der Waals surface area contributed by atoms with E-state index in [-0.39, 0.29) is 11.7 Å². The highest BCUT2D eigenvalue weighted by molar-refractivity contribution is 6.02. The number of carbonyl (C=O) groups is 1. The Balaban J connectivity index is 1.83. The number of hydrogen-bond donors (Lipinski definition) is 0. The molecule has 18 heavy (non-hydrogen) atoms. The Morgan fingerprint density at radius 3 is 2.89 bits per heavy atom. The van der Waals surface area contributed by atoms with Crippen LogP contribution in [0.1, 0.15) is 27.0 Å². The first kappa shape index (κ1) is 11.1. The van der Waals surface area contributed by atoms with E-state index in [1.165, 1.54) is 5.56 Å². The van der Waals surface area contributed by atoms with E-state index in [4.69, 9.17) is 0 Å². The van der Waals surface area contributed by atoms with Crippen LogP contribution in [0.3, 0.4) is 0 Å². The average molecular weight is 237 g/mol. The minimum absolute atomic E-state index is 0.0889. The molecule has 1 aromatic carbocycles. The van der Waals surface area contributed by atoms with Crippen LogP contribution in [0.4, 0.5) is 0 Å². The zero-order valence-corrected chi connectivity index (χ0v) is 10.4. The van der Waals surface area contributed by atoms with Gasteiger partial charge in [-0.15, -0.1) is 0 Å². The van der Waals surface area contributed by atoms with E-state index in [1.54, 1.807) is 0 Å². The number of pyridine rings is 1. The number of aromatic nitrogens is 1. The van der Waals surface area contributed by atoms with Crippen LogP contribution in [0.15, 0.2) is 42.7 Å². The molecule has 2 heteroatoms. The molecule has 1 aliphatic rings. The molecule has 0 amide bonds. The van der Waals surface area contributed by atoms with Crippen molar-refractivity contribution in [1.29, 1.82) is 0 Å². The summed E-state index contributed by atoms with van der Waals surface area (Å²) in [6.45, 7) is 2.03. The van der Waals surface area contributed by atoms with Crippen molar-refractivity contribution < 1.29 is 4.79 Å². The van der Waals surface area contributed by atoms with Crippen LogP contribution in [0.25, 0.3) is 0 Å². The number of benzene rings is 1. The molecule has 1 heterocycles. The minimum Gasteiger partial charge on any atom is -0.294 e. The third kappa shape index (κ3) is 1.94. The zero-order chi connectivity index (χ0) is 12.5. The maximum Gasteiger partial charge on any atom is 0.166 e. The van der Waals surface area contributed by atoms with Crippen LogP contribution in [0, 0.1) is 12.8 Å². The van der Waals surface area contributed by atoms with Gasteiger partial charge in [-0.25, -0.2) is 0 Å². The van der Waals surface area contributed by atoms with E-state index < -0.39 is 0 Å². The molecule has 3 rings (SSSR count). The summed E-state index contributed by atoms with van der Waals surface area (Å²) in [5.41, 5.74) is 4.40. The van der Waals surface area contributed by atoms with Crippen molar-refractivity contribution in [2.45, 2.75) is 19.8 Å². The molecule has 2 aromatic rings. The first-order valence-corrected chi connectivity index (χ1v) is 6.26. The Morgan fingerprint density at radius 2 is 2.11 bits per heavy atom. The number of nitrogens with zero attached hydrogens (tertiary/aromatic N) is 1. The molecule has 1 unspecified atom stereocenters. The second kappa shape index (κ2) is 4.37. The first-order valence-electron chi connectivity index (χ1n) is 6.26. The number of ketones is 1. The number of fused-ring (bicyclic) bond motifs is 1. The first-order chi connectivity index (χ1) is 8.74. The molecule has 90 valence electrons. The molecule has 0 fully saturated rings. The third-order valence-corrected chi connectivity index (χ3v) is 3.53. The molecule has 0 aliphatic heterocycles. The molecule has 1 aromatic heterocycles. The largest absolute Gasteiger partial charge is 0.294 e. The molecule has 1 aliphatic carbocycles. The highest BCUT2D eigenvalue weighted by atomic mass is 16.1. The van der Waals surface area contributed by atoms with E-state index in [1.807, 2.05) is 37.5 Å². The van der Waals surface area contributed by atoms with Crippen LogP contribution >= 0.6 is 0 Å². The minimum atomic E-state index is 0.0889. The van der Waals surface area contributed by atoms with Gasteiger partial charge in [0.1, 0.15) is 0 Å². The van der Waals surface area contributed by atoms with Crippen LogP contribution in [0.2, 0.25) is 0 Å². The summed E-state index contributed by atoms with van der Waals surface area (Å²) < 4.78 is 0. The Bertz CT molecular complexity index is 604. The highest BCUT2D eigenvalue weighted by Gasteiger charge is 2.29. The third-order valence-electron chi connectivity index (χ3n) is 3.53. The molecule has 1 atom stereocenters. The van der Waals surface area contributed by atoms with Crippen molar-refractivity contribution in [3.05, 3.63) is 65.0 Å². The quantitative estimate of drug-likeness (QED) is 0.803. The summed E-state index contributed by atoms with van der Waals surface area (Å²) in [5.74, 6) is 0.373. The number of Topliss-reactive ketones (excluding diaryl/α,β-unsaturated/α-hetero) is 1. The fourth-order valence-corrected chi connectivity index (χ4v) is 2.70. The lowest BCUT2D eigenvalue weighted by Gasteiger charge is -2.07. The van der Waals surface area contributed by atoms with Gasteiger partial charge >= 0.3 is 0 Å². The van der Waals surface area contributed by atoms with Crippen molar-refractivity contribution in [2.75, 3.05) is 0 Å². The number of hydrogen-bond acceptors (Lipinski definition) is 2. The molecule has 0 spiro atoms. The van der Waals surface area contributed by atoms with Crippen LogP contribution < -0.4 is 0 Å². The van der Waals surface area contributed by atoms with Gasteiger partial charge in [0.2, 0.25) is 0 Å². The normalized spacial score (nSPS) is 17.8. The van der Waals surface area contributed by atoms with E-state index >= 15 is 0 Å². The van der Waals surface area contributed by atoms with Gasteiger partial charge in [-0.2, -0.15) is 0 Å². The highest BCUT2D eigenvalue weighted by Crippen LogP contribution is 2.28. The monoisotopic (exact) mass is 237 g/mol. The number of carbonyl (C=O) groups excluding carboxylic acids is 1. The van der Waals surface area contributed by atoms with Gasteiger partial charge in [0.15, 0.2) is 5.78 Å². The molecule has 0 saturated heterocycles. The fourth-order valence-electron chi connectivity index (χ4n) is 2.70. The van der Waals surface area contributed by atoms with Crippen LogP contribution in [0.5, 0.6) is 0 Å². The van der Waals surface area contributed by atoms with E-state index in [2.05, 4.69) is 17.1 Å². The Labute approximate surface area is 107 Å². The van der Waals surface area contributed by atoms with Crippen LogP contribution in [-0.2, 0) is 12.8 Å². The average Bonchev–Trinajstić information content (AvgIpc) is 2.67. The molecule has 0 bridgehead atoms. The van der Waals surface area contributed by atoms with E-state index in [0.29, 0.717) is 0 Å². The fraction of sp³-hybridized carbons (Fsp3) is 0.250. The SMILES string of the molecule is Cc1cncc(CC2Cc3ccccc3C2=O)c1. The Hall–Kier alpha value is -1.96. The van der Waals surface area contributed by atoms with Gasteiger partial charge < -0.3 is 0 Å². The number of rotatable bonds is 2. The van der Waals surface area contributed by atoms with Gasteiger partial charge in [0.05, 0.1) is 0 Å². The zero-order valence-electron chi connectivity index (χ0n) is 10.4. The Morgan fingerprint density at radius 1 is 1.28 bits per heavy atom. The molecule has 0 N–H and O–H groups in total. The second-order valence-corrected chi connectivity index (χ2v) is 5.00. The number of aryl methyl sites for hydroxylation is 1. The van der Waals surface area contributed by atoms with Gasteiger partial charge in [0, 0.05) is 23.9 Å². The summed E-state index contributed by atoms with van der Waals surface area (Å²) >= 11 is 0. The lowest BCUT2D eigenvalue weighted by molar-refractivity contribution is 0.0936. The van der Waals surface area contributed by atoms with Crippen molar-refractivity contribution in [3.8, 4) is 0 Å². The molecule has 0 saturated carbocycles. The maximum atomic E-state index is 12.3. The van der Waals surface area contributed by atoms with Gasteiger partial charge in [-0.1, -0.05) is 30.3 Å². The van der Waals surface area contributed by atoms with E-state index in [9.17, 15) is 4.79 Å². The second-order valence-electron chi connectivity index (χ2n) is 5.00. The predicted octanol–water partition coefficient (Wildman–Crippen LogP) is 2.99. The van der Waals surface area contributed by atoms with Gasteiger partial charge in [0.25, 0.3) is 0 Å². The molecular weight excluding hydrogens is 222 g/mol. The molecule has 0 radical (unpaired) electrons. The molecule has 2 nitrogen and oxygen atoms in total. The van der Waals surface area contributed by atoms with Crippen molar-refractivity contribution in [1.82, 2.24) is 4.98 Å².